The van der Waals surface area contributed by atoms with Crippen LogP contribution in [0.5, 0.6) is 0 Å². The normalized spacial score (nSPS) is 21.3. The predicted octanol–water partition coefficient (Wildman–Crippen LogP) is 12.9. The molecular weight excluding hydrogens is 1490 g/mol. The molecule has 542 valence electrons. The second kappa shape index (κ2) is 43.2. The summed E-state index contributed by atoms with van der Waals surface area (Å²) in [6.45, 7) is 1.72. The minimum atomic E-state index is -4.15. The summed E-state index contributed by atoms with van der Waals surface area (Å²) in [5.41, 5.74) is 12.1. The fraction of sp³-hybridized carbons (Fsp3) is 0.783. The van der Waals surface area contributed by atoms with E-state index in [2.05, 4.69) is 92.1 Å². The molecule has 30 atom stereocenters. The van der Waals surface area contributed by atoms with Crippen molar-refractivity contribution in [3.05, 3.63) is 56.6 Å². The Kier molecular flexibility index (Phi) is 40.5. The number of aryl methyl sites for hydroxylation is 1. The van der Waals surface area contributed by atoms with E-state index >= 15 is 0 Å². The van der Waals surface area contributed by atoms with Gasteiger partial charge in [0.05, 0.1) is 31.8 Å². The number of hydrogen-bond donors (Lipinski definition) is 0. The van der Waals surface area contributed by atoms with E-state index in [0.717, 1.165) is 23.6 Å². The van der Waals surface area contributed by atoms with E-state index in [-0.39, 0.29) is 22.0 Å². The van der Waals surface area contributed by atoms with Gasteiger partial charge in [-0.2, -0.15) is 0 Å². The van der Waals surface area contributed by atoms with Gasteiger partial charge in [-0.3, -0.25) is 4.68 Å². The third-order valence-electron chi connectivity index (χ3n) is 12.0. The van der Waals surface area contributed by atoms with Gasteiger partial charge in [-0.15, -0.1) is 37.7 Å². The molecule has 3 heterocycles. The SMILES string of the molecule is C#CC(F)C(F)C(F)C(F)C(F)C(F)C(F)C(F)C(F)C(F)C#C.CC(F)C(F)C(F)C(F)C(F)C(F)C(F)C(F)C(F)C(F)c1cn(-n2cc(C(F)C(F)C(F)C(F)C(F)C(F)C(F)C(F)C(F)C(F)c3cn(C)nn3)nn2)nn1.[Cu][Br].[N-]=[N+]=NCCOCCN=[N+]=[N-]. The molecule has 0 aromatic carbocycles. The Labute approximate surface area is 525 Å². The van der Waals surface area contributed by atoms with Crippen molar-refractivity contribution in [1.29, 1.82) is 0 Å². The average Bonchev–Trinajstić information content (AvgIpc) is 1.52. The molecule has 0 saturated carbocycles. The zero-order valence-electron chi connectivity index (χ0n) is 46.7. The topological polar surface area (TPSA) is 199 Å². The zero-order chi connectivity index (χ0) is 72.9. The second-order valence-corrected chi connectivity index (χ2v) is 18.7. The van der Waals surface area contributed by atoms with Crippen LogP contribution in [0.3, 0.4) is 0 Å². The third-order valence-corrected chi connectivity index (χ3v) is 12.0. The Morgan fingerprint density at radius 3 is 0.851 bits per heavy atom. The van der Waals surface area contributed by atoms with Crippen LogP contribution >= 0.6 is 14.1 Å². The third kappa shape index (κ3) is 25.2. The minimum absolute atomic E-state index is 0.143. The first kappa shape index (κ1) is 88.0. The van der Waals surface area contributed by atoms with Crippen molar-refractivity contribution < 1.29 is 151 Å². The number of terminal acetylenes is 2. The molecule has 0 N–H and O–H groups in total. The maximum atomic E-state index is 14.8. The number of azide groups is 2. The van der Waals surface area contributed by atoms with Crippen molar-refractivity contribution in [3.8, 4) is 24.7 Å². The van der Waals surface area contributed by atoms with Gasteiger partial charge >= 0.3 is 28.3 Å². The number of hydrogen-bond acceptors (Lipinski definition) is 9. The molecule has 0 aliphatic carbocycles. The van der Waals surface area contributed by atoms with Gasteiger partial charge in [-0.25, -0.2) is 132 Å². The van der Waals surface area contributed by atoms with Gasteiger partial charge in [-0.1, -0.05) is 27.3 Å². The van der Waals surface area contributed by atoms with Crippen molar-refractivity contribution in [3.63, 3.8) is 0 Å². The van der Waals surface area contributed by atoms with Crippen LogP contribution in [0.15, 0.2) is 28.8 Å². The summed E-state index contributed by atoms with van der Waals surface area (Å²) >= 11 is 6.50. The smallest absolute Gasteiger partial charge is 0.0522 e. The molecule has 16 nitrogen and oxygen atoms in total. The summed E-state index contributed by atoms with van der Waals surface area (Å²) in [6.07, 6.45) is -101. The first-order chi connectivity index (χ1) is 43.9. The maximum absolute atomic E-state index is 14.8. The maximum Gasteiger partial charge on any atom is 0.0522 e. The Hall–Kier alpha value is -5.98. The van der Waals surface area contributed by atoms with Crippen LogP contribution in [-0.4, -0.2) is 238 Å². The summed E-state index contributed by atoms with van der Waals surface area (Å²) in [6, 6.07) is 0. The van der Waals surface area contributed by atoms with Crippen molar-refractivity contribution in [2.24, 2.45) is 17.3 Å². The van der Waals surface area contributed by atoms with Gasteiger partial charge in [0, 0.05) is 30.0 Å². The van der Waals surface area contributed by atoms with Crippen LogP contribution in [0.1, 0.15) is 42.5 Å². The number of nitrogens with zero attached hydrogens (tertiary/aromatic N) is 15. The molecule has 94 heavy (non-hydrogen) atoms. The molecule has 30 unspecified atom stereocenters. The Bertz CT molecular complexity index is 2710. The molecule has 0 aliphatic heterocycles. The monoisotopic (exact) mass is 1540 g/mol. The first-order valence-corrected chi connectivity index (χ1v) is 27.8. The summed E-state index contributed by atoms with van der Waals surface area (Å²) in [5, 5.41) is 24.8. The van der Waals surface area contributed by atoms with Crippen LogP contribution in [0.25, 0.3) is 20.9 Å². The van der Waals surface area contributed by atoms with Crippen LogP contribution in [0.4, 0.5) is 132 Å². The fourth-order valence-electron chi connectivity index (χ4n) is 6.78. The number of halogens is 31. The van der Waals surface area contributed by atoms with Crippen molar-refractivity contribution in [1.82, 2.24) is 45.2 Å². The average molecular weight is 1540 g/mol. The summed E-state index contributed by atoms with van der Waals surface area (Å²) in [4.78, 5) is 5.35. The molecule has 48 heteroatoms. The van der Waals surface area contributed by atoms with Gasteiger partial charge in [-0.05, 0) is 28.4 Å². The Morgan fingerprint density at radius 1 is 0.404 bits per heavy atom. The molecule has 3 aromatic heterocycles. The number of alkyl halides is 30. The molecule has 0 bridgehead atoms. The van der Waals surface area contributed by atoms with Gasteiger partial charge in [0.15, 0.2) is 179 Å². The van der Waals surface area contributed by atoms with Crippen LogP contribution in [0, 0.1) is 24.7 Å². The largest absolute Gasteiger partial charge is 0.381 e. The number of rotatable bonds is 37. The summed E-state index contributed by atoms with van der Waals surface area (Å²) in [5.74, 6) is 2.07. The molecule has 3 aromatic rings. The Morgan fingerprint density at radius 2 is 0.628 bits per heavy atom. The van der Waals surface area contributed by atoms with Gasteiger partial charge in [0.25, 0.3) is 0 Å². The van der Waals surface area contributed by atoms with Crippen molar-refractivity contribution in [2.45, 2.75) is 192 Å². The molecule has 3 rings (SSSR count). The van der Waals surface area contributed by atoms with Gasteiger partial charge in [0.2, 0.25) is 0 Å². The summed E-state index contributed by atoms with van der Waals surface area (Å²) in [7, 11) is 1.16. The van der Waals surface area contributed by atoms with E-state index in [4.69, 9.17) is 15.8 Å². The predicted molar refractivity (Wildman–Crippen MR) is 267 cm³/mol. The van der Waals surface area contributed by atoms with Crippen molar-refractivity contribution >= 4 is 14.1 Å². The Balaban J connectivity index is 0.00000191. The van der Waals surface area contributed by atoms with E-state index in [9.17, 15) is 132 Å². The molecular formula is C46H49BrCuF30N15O. The standard InChI is InChI=1S/C28H29F20N9.C14H12F10.C4H8N6O.BrH.Cu/c1-6(29)10(30)14(34)18(38)22(42)26(46)24(44)20(40)16(36)12(32)8-4-56(53-50-8)57-5-9(51-54-57)13(33)17(37)21(41)25(45)28(48)27(47)23(43)19(39)15(35)11(31)7-3-55(2)52-49-7;1-3-5(15)7(17)9(19)11(21)13(23)14(24)12(22)10(20)8(18)6(16)4-2;5-9-7-1-3-11-4-2-8-10-6;;/h3-6,10-28H,1-2H3;1-2,5-14H;1-4H2;1H;/q;;;;+1/p-1. The first-order valence-electron chi connectivity index (χ1n) is 25.4. The van der Waals surface area contributed by atoms with Crippen LogP contribution in [0.2, 0.25) is 0 Å². The fourth-order valence-corrected chi connectivity index (χ4v) is 6.78. The second-order valence-electron chi connectivity index (χ2n) is 18.7. The van der Waals surface area contributed by atoms with E-state index < -0.39 is 202 Å². The molecule has 0 radical (unpaired) electrons. The van der Waals surface area contributed by atoms with Crippen molar-refractivity contribution in [2.75, 3.05) is 26.3 Å². The molecule has 0 aliphatic rings. The van der Waals surface area contributed by atoms with Crippen LogP contribution < -0.4 is 0 Å². The zero-order valence-corrected chi connectivity index (χ0v) is 49.2. The summed E-state index contributed by atoms with van der Waals surface area (Å²) < 4.78 is 419. The number of aromatic nitrogens is 9. The molecule has 0 saturated heterocycles. The van der Waals surface area contributed by atoms with E-state index in [1.165, 1.54) is 0 Å². The van der Waals surface area contributed by atoms with Gasteiger partial charge < -0.3 is 4.74 Å². The minimum Gasteiger partial charge on any atom is -0.381 e. The molecule has 0 spiro atoms. The molecule has 0 amide bonds. The number of ether oxygens (including phenoxy) is 1. The van der Waals surface area contributed by atoms with Crippen LogP contribution in [-0.2, 0) is 26.0 Å². The van der Waals surface area contributed by atoms with Gasteiger partial charge in [0.1, 0.15) is 23.3 Å². The van der Waals surface area contributed by atoms with E-state index in [0.29, 0.717) is 39.4 Å². The van der Waals surface area contributed by atoms with E-state index in [1.807, 2.05) is 0 Å². The molecule has 0 fully saturated rings. The quantitative estimate of drug-likeness (QED) is 0.0104. The van der Waals surface area contributed by atoms with E-state index in [1.54, 1.807) is 0 Å².